The lowest BCUT2D eigenvalue weighted by Crippen LogP contribution is -2.59. The Balaban J connectivity index is 1.37. The van der Waals surface area contributed by atoms with Crippen molar-refractivity contribution in [1.82, 2.24) is 9.21 Å². The van der Waals surface area contributed by atoms with Crippen molar-refractivity contribution in [2.24, 2.45) is 0 Å². The molecular formula is C24H26N2O5S. The van der Waals surface area contributed by atoms with Gasteiger partial charge in [0.1, 0.15) is 19.0 Å². The molecule has 0 unspecified atom stereocenters. The first-order valence-electron chi connectivity index (χ1n) is 11.1. The van der Waals surface area contributed by atoms with E-state index in [2.05, 4.69) is 29.3 Å². The van der Waals surface area contributed by atoms with Gasteiger partial charge in [0.2, 0.25) is 10.0 Å². The summed E-state index contributed by atoms with van der Waals surface area (Å²) >= 11 is 0. The summed E-state index contributed by atoms with van der Waals surface area (Å²) in [5.41, 5.74) is 2.96. The van der Waals surface area contributed by atoms with Gasteiger partial charge in [-0.2, -0.15) is 0 Å². The summed E-state index contributed by atoms with van der Waals surface area (Å²) < 4.78 is 43.8. The van der Waals surface area contributed by atoms with Gasteiger partial charge in [-0.05, 0) is 35.8 Å². The lowest BCUT2D eigenvalue weighted by atomic mass is 9.91. The lowest BCUT2D eigenvalue weighted by Gasteiger charge is -2.52. The smallest absolute Gasteiger partial charge is 0.211 e. The molecule has 2 aromatic rings. The SMILES string of the molecule is CS(=O)(=O)N1CCC2(CC1)Oc1ccccc1[C@@H]1CC(c3ccc4c(c3)OCCO4)=CN12. The third-order valence-corrected chi connectivity index (χ3v) is 8.28. The molecule has 1 saturated heterocycles. The second kappa shape index (κ2) is 7.15. The highest BCUT2D eigenvalue weighted by Crippen LogP contribution is 2.53. The number of ether oxygens (including phenoxy) is 3. The fraction of sp³-hybridized carbons (Fsp3) is 0.417. The highest BCUT2D eigenvalue weighted by Gasteiger charge is 2.51. The molecule has 4 aliphatic rings. The Kier molecular flexibility index (Phi) is 4.45. The van der Waals surface area contributed by atoms with E-state index in [4.69, 9.17) is 14.2 Å². The van der Waals surface area contributed by atoms with Gasteiger partial charge in [0.25, 0.3) is 0 Å². The summed E-state index contributed by atoms with van der Waals surface area (Å²) in [4.78, 5) is 2.33. The highest BCUT2D eigenvalue weighted by molar-refractivity contribution is 7.88. The second-order valence-electron chi connectivity index (χ2n) is 8.89. The van der Waals surface area contributed by atoms with Crippen LogP contribution >= 0.6 is 0 Å². The molecule has 0 bridgehead atoms. The van der Waals surface area contributed by atoms with Crippen LogP contribution in [-0.4, -0.2) is 55.9 Å². The molecule has 32 heavy (non-hydrogen) atoms. The van der Waals surface area contributed by atoms with E-state index in [0.717, 1.165) is 29.2 Å². The predicted octanol–water partition coefficient (Wildman–Crippen LogP) is 3.39. The first kappa shape index (κ1) is 19.9. The summed E-state index contributed by atoms with van der Waals surface area (Å²) in [7, 11) is -3.21. The van der Waals surface area contributed by atoms with E-state index in [9.17, 15) is 8.42 Å². The van der Waals surface area contributed by atoms with Crippen molar-refractivity contribution in [3.63, 3.8) is 0 Å². The molecule has 4 heterocycles. The van der Waals surface area contributed by atoms with Gasteiger partial charge >= 0.3 is 0 Å². The van der Waals surface area contributed by atoms with E-state index in [0.29, 0.717) is 39.1 Å². The Hall–Kier alpha value is -2.71. The number of hydrogen-bond donors (Lipinski definition) is 0. The Morgan fingerprint density at radius 3 is 2.50 bits per heavy atom. The standard InChI is InChI=1S/C24H26N2O5S/c1-32(27,28)25-10-8-24(9-11-25)26-16-18(14-20(26)19-4-2-3-5-21(19)31-24)17-6-7-22-23(15-17)30-13-12-29-22/h2-7,15-16,20H,8-14H2,1H3/t20-/m0/s1. The number of para-hydroxylation sites is 1. The van der Waals surface area contributed by atoms with Crippen molar-refractivity contribution in [3.05, 3.63) is 59.8 Å². The van der Waals surface area contributed by atoms with Crippen LogP contribution in [0.25, 0.3) is 5.57 Å². The van der Waals surface area contributed by atoms with E-state index in [1.165, 1.54) is 17.4 Å². The average Bonchev–Trinajstić information content (AvgIpc) is 3.26. The molecule has 8 heteroatoms. The zero-order chi connectivity index (χ0) is 21.9. The van der Waals surface area contributed by atoms with Crippen molar-refractivity contribution >= 4 is 15.6 Å². The Morgan fingerprint density at radius 1 is 0.969 bits per heavy atom. The maximum absolute atomic E-state index is 12.1. The number of nitrogens with zero attached hydrogens (tertiary/aromatic N) is 2. The molecule has 168 valence electrons. The first-order valence-corrected chi connectivity index (χ1v) is 12.9. The van der Waals surface area contributed by atoms with Crippen LogP contribution in [0.3, 0.4) is 0 Å². The van der Waals surface area contributed by atoms with Crippen molar-refractivity contribution in [3.8, 4) is 17.2 Å². The van der Waals surface area contributed by atoms with Crippen LogP contribution in [0, 0.1) is 0 Å². The fourth-order valence-electron chi connectivity index (χ4n) is 5.35. The number of piperidine rings is 1. The van der Waals surface area contributed by atoms with Crippen molar-refractivity contribution in [1.29, 1.82) is 0 Å². The monoisotopic (exact) mass is 454 g/mol. The predicted molar refractivity (Wildman–Crippen MR) is 120 cm³/mol. The Morgan fingerprint density at radius 2 is 1.72 bits per heavy atom. The molecule has 1 fully saturated rings. The number of rotatable bonds is 2. The van der Waals surface area contributed by atoms with Crippen molar-refractivity contribution in [2.45, 2.75) is 31.0 Å². The minimum absolute atomic E-state index is 0.160. The molecule has 0 aromatic heterocycles. The molecule has 2 aromatic carbocycles. The molecular weight excluding hydrogens is 428 g/mol. The quantitative estimate of drug-likeness (QED) is 0.693. The van der Waals surface area contributed by atoms with E-state index in [1.54, 1.807) is 4.31 Å². The van der Waals surface area contributed by atoms with E-state index < -0.39 is 15.7 Å². The van der Waals surface area contributed by atoms with Crippen LogP contribution < -0.4 is 14.2 Å². The topological polar surface area (TPSA) is 68.3 Å². The van der Waals surface area contributed by atoms with Crippen LogP contribution in [-0.2, 0) is 10.0 Å². The zero-order valence-corrected chi connectivity index (χ0v) is 18.8. The third-order valence-electron chi connectivity index (χ3n) is 6.98. The summed E-state index contributed by atoms with van der Waals surface area (Å²) in [5, 5.41) is 0. The van der Waals surface area contributed by atoms with Gasteiger partial charge in [0.05, 0.1) is 12.3 Å². The lowest BCUT2D eigenvalue weighted by molar-refractivity contribution is -0.119. The van der Waals surface area contributed by atoms with Crippen LogP contribution in [0.15, 0.2) is 48.7 Å². The van der Waals surface area contributed by atoms with E-state index in [-0.39, 0.29) is 6.04 Å². The average molecular weight is 455 g/mol. The van der Waals surface area contributed by atoms with Gasteiger partial charge in [-0.3, -0.25) is 0 Å². The fourth-order valence-corrected chi connectivity index (χ4v) is 6.19. The summed E-state index contributed by atoms with van der Waals surface area (Å²) in [6.07, 6.45) is 5.59. The molecule has 0 N–H and O–H groups in total. The second-order valence-corrected chi connectivity index (χ2v) is 10.9. The Labute approximate surface area is 188 Å². The van der Waals surface area contributed by atoms with Gasteiger partial charge in [0, 0.05) is 37.7 Å². The number of hydrogen-bond acceptors (Lipinski definition) is 6. The summed E-state index contributed by atoms with van der Waals surface area (Å²) in [6.45, 7) is 2.05. The molecule has 1 spiro atoms. The molecule has 0 aliphatic carbocycles. The third kappa shape index (κ3) is 3.16. The van der Waals surface area contributed by atoms with Crippen LogP contribution in [0.5, 0.6) is 17.2 Å². The van der Waals surface area contributed by atoms with E-state index in [1.807, 2.05) is 24.3 Å². The molecule has 0 radical (unpaired) electrons. The maximum atomic E-state index is 12.1. The summed E-state index contributed by atoms with van der Waals surface area (Å²) in [5.74, 6) is 2.47. The first-order chi connectivity index (χ1) is 15.4. The number of sulfonamides is 1. The van der Waals surface area contributed by atoms with Gasteiger partial charge < -0.3 is 19.1 Å². The zero-order valence-electron chi connectivity index (χ0n) is 18.0. The molecule has 6 rings (SSSR count). The minimum Gasteiger partial charge on any atom is -0.486 e. The highest BCUT2D eigenvalue weighted by atomic mass is 32.2. The normalized spacial score (nSPS) is 23.8. The van der Waals surface area contributed by atoms with Crippen LogP contribution in [0.2, 0.25) is 0 Å². The molecule has 4 aliphatic heterocycles. The Bertz CT molecular complexity index is 1200. The van der Waals surface area contributed by atoms with Crippen molar-refractivity contribution < 1.29 is 22.6 Å². The van der Waals surface area contributed by atoms with Gasteiger partial charge in [-0.25, -0.2) is 12.7 Å². The van der Waals surface area contributed by atoms with Gasteiger partial charge in [-0.1, -0.05) is 24.3 Å². The van der Waals surface area contributed by atoms with Crippen LogP contribution in [0.1, 0.15) is 36.4 Å². The van der Waals surface area contributed by atoms with Gasteiger partial charge in [-0.15, -0.1) is 0 Å². The minimum atomic E-state index is -3.21. The molecule has 1 atom stereocenters. The van der Waals surface area contributed by atoms with Crippen molar-refractivity contribution in [2.75, 3.05) is 32.6 Å². The number of benzene rings is 2. The summed E-state index contributed by atoms with van der Waals surface area (Å²) in [6, 6.07) is 14.5. The number of fused-ring (bicyclic) bond motifs is 5. The van der Waals surface area contributed by atoms with Gasteiger partial charge in [0.15, 0.2) is 17.2 Å². The van der Waals surface area contributed by atoms with E-state index >= 15 is 0 Å². The molecule has 7 nitrogen and oxygen atoms in total. The largest absolute Gasteiger partial charge is 0.486 e. The maximum Gasteiger partial charge on any atom is 0.211 e. The van der Waals surface area contributed by atoms with Crippen LogP contribution in [0.4, 0.5) is 0 Å². The molecule has 0 amide bonds. The molecule has 0 saturated carbocycles.